The average Bonchev–Trinajstić information content (AvgIpc) is 2.38. The molecular weight excluding hydrogens is 250 g/mol. The number of aliphatic hydroxyl groups excluding tert-OH is 1. The van der Waals surface area contributed by atoms with Crippen LogP contribution >= 0.6 is 0 Å². The highest BCUT2D eigenvalue weighted by Gasteiger charge is 2.27. The van der Waals surface area contributed by atoms with Crippen molar-refractivity contribution in [1.29, 1.82) is 0 Å². The van der Waals surface area contributed by atoms with Crippen molar-refractivity contribution in [3.63, 3.8) is 0 Å². The Morgan fingerprint density at radius 1 is 1.17 bits per heavy atom. The van der Waals surface area contributed by atoms with Crippen molar-refractivity contribution in [3.05, 3.63) is 29.8 Å². The number of nitrogens with one attached hydrogen (secondary N) is 1. The van der Waals surface area contributed by atoms with Crippen LogP contribution in [0.25, 0.3) is 0 Å². The summed E-state index contributed by atoms with van der Waals surface area (Å²) >= 11 is 0. The summed E-state index contributed by atoms with van der Waals surface area (Å²) < 4.78 is 27.1. The molecule has 0 aromatic heterocycles. The molecule has 1 aromatic carbocycles. The highest BCUT2D eigenvalue weighted by molar-refractivity contribution is 7.89. The highest BCUT2D eigenvalue weighted by atomic mass is 32.2. The van der Waals surface area contributed by atoms with Crippen molar-refractivity contribution < 1.29 is 13.5 Å². The maximum absolute atomic E-state index is 12.2. The number of hydrogen-bond acceptors (Lipinski definition) is 3. The van der Waals surface area contributed by atoms with Crippen LogP contribution in [0.4, 0.5) is 0 Å². The molecule has 0 heterocycles. The van der Waals surface area contributed by atoms with Gasteiger partial charge in [-0.05, 0) is 37.5 Å². The van der Waals surface area contributed by atoms with E-state index in [2.05, 4.69) is 4.72 Å². The Morgan fingerprint density at radius 2 is 1.67 bits per heavy atom. The lowest BCUT2D eigenvalue weighted by Crippen LogP contribution is -2.44. The lowest BCUT2D eigenvalue weighted by atomic mass is 9.98. The van der Waals surface area contributed by atoms with E-state index in [0.29, 0.717) is 5.56 Å². The first-order valence-electron chi connectivity index (χ1n) is 6.10. The summed E-state index contributed by atoms with van der Waals surface area (Å²) in [5.41, 5.74) is 0.275. The summed E-state index contributed by atoms with van der Waals surface area (Å²) in [7, 11) is -3.50. The van der Waals surface area contributed by atoms with Crippen LogP contribution in [0.2, 0.25) is 0 Å². The van der Waals surface area contributed by atoms with Gasteiger partial charge in [-0.2, -0.15) is 0 Å². The van der Waals surface area contributed by atoms with Gasteiger partial charge in [0, 0.05) is 5.54 Å². The second kappa shape index (κ2) is 5.82. The summed E-state index contributed by atoms with van der Waals surface area (Å²) in [6.07, 6.45) is 1.47. The molecule has 102 valence electrons. The number of aliphatic hydroxyl groups is 1. The fraction of sp³-hybridized carbons (Fsp3) is 0.538. The summed E-state index contributed by atoms with van der Waals surface area (Å²) in [5.74, 6) is 0. The summed E-state index contributed by atoms with van der Waals surface area (Å²) in [5, 5.41) is 8.93. The number of sulfonamides is 1. The van der Waals surface area contributed by atoms with E-state index < -0.39 is 15.6 Å². The predicted octanol–water partition coefficient (Wildman–Crippen LogP) is 2.04. The van der Waals surface area contributed by atoms with Crippen molar-refractivity contribution in [3.8, 4) is 0 Å². The van der Waals surface area contributed by atoms with Crippen LogP contribution in [-0.2, 0) is 16.6 Å². The zero-order valence-corrected chi connectivity index (χ0v) is 11.9. The Labute approximate surface area is 109 Å². The van der Waals surface area contributed by atoms with Gasteiger partial charge in [0.2, 0.25) is 10.0 Å². The minimum atomic E-state index is -3.50. The van der Waals surface area contributed by atoms with Crippen LogP contribution in [-0.4, -0.2) is 19.1 Å². The van der Waals surface area contributed by atoms with E-state index in [1.54, 1.807) is 12.1 Å². The van der Waals surface area contributed by atoms with Crippen LogP contribution in [0, 0.1) is 0 Å². The van der Waals surface area contributed by atoms with E-state index >= 15 is 0 Å². The number of hydrogen-bond donors (Lipinski definition) is 2. The quantitative estimate of drug-likeness (QED) is 0.832. The van der Waals surface area contributed by atoms with Gasteiger partial charge >= 0.3 is 0 Å². The topological polar surface area (TPSA) is 66.4 Å². The van der Waals surface area contributed by atoms with Gasteiger partial charge in [0.05, 0.1) is 11.5 Å². The van der Waals surface area contributed by atoms with E-state index in [1.807, 2.05) is 20.8 Å². The molecule has 0 atom stereocenters. The Morgan fingerprint density at radius 3 is 2.06 bits per heavy atom. The zero-order valence-electron chi connectivity index (χ0n) is 11.1. The molecule has 5 heteroatoms. The van der Waals surface area contributed by atoms with Crippen LogP contribution < -0.4 is 4.72 Å². The number of rotatable bonds is 6. The second-order valence-corrected chi connectivity index (χ2v) is 6.36. The molecule has 1 rings (SSSR count). The van der Waals surface area contributed by atoms with Gasteiger partial charge in [-0.3, -0.25) is 0 Å². The first-order valence-corrected chi connectivity index (χ1v) is 7.59. The average molecular weight is 271 g/mol. The third kappa shape index (κ3) is 3.54. The lowest BCUT2D eigenvalue weighted by molar-refractivity contribution is 0.281. The normalized spacial score (nSPS) is 12.7. The largest absolute Gasteiger partial charge is 0.392 e. The van der Waals surface area contributed by atoms with Crippen molar-refractivity contribution in [2.75, 3.05) is 0 Å². The van der Waals surface area contributed by atoms with E-state index in [1.165, 1.54) is 12.1 Å². The maximum atomic E-state index is 12.2. The third-order valence-corrected chi connectivity index (χ3v) is 5.01. The van der Waals surface area contributed by atoms with Crippen LogP contribution in [0.5, 0.6) is 0 Å². The third-order valence-electron chi connectivity index (χ3n) is 3.36. The Balaban J connectivity index is 2.99. The van der Waals surface area contributed by atoms with Crippen molar-refractivity contribution in [1.82, 2.24) is 4.72 Å². The Hall–Kier alpha value is -0.910. The highest BCUT2D eigenvalue weighted by Crippen LogP contribution is 2.19. The van der Waals surface area contributed by atoms with Crippen molar-refractivity contribution in [2.24, 2.45) is 0 Å². The summed E-state index contributed by atoms with van der Waals surface area (Å²) in [4.78, 5) is 0.229. The molecule has 18 heavy (non-hydrogen) atoms. The SMILES string of the molecule is CCC(C)(CC)NS(=O)(=O)c1ccc(CO)cc1. The van der Waals surface area contributed by atoms with Gasteiger partial charge in [0.15, 0.2) is 0 Å². The fourth-order valence-corrected chi connectivity index (χ4v) is 3.10. The van der Waals surface area contributed by atoms with E-state index in [9.17, 15) is 8.42 Å². The molecule has 0 amide bonds. The van der Waals surface area contributed by atoms with Gasteiger partial charge in [-0.1, -0.05) is 26.0 Å². The van der Waals surface area contributed by atoms with Gasteiger partial charge in [-0.15, -0.1) is 0 Å². The fourth-order valence-electron chi connectivity index (χ4n) is 1.55. The molecule has 0 bridgehead atoms. The first kappa shape index (κ1) is 15.1. The predicted molar refractivity (Wildman–Crippen MR) is 71.7 cm³/mol. The molecule has 1 aromatic rings. The second-order valence-electron chi connectivity index (χ2n) is 4.68. The summed E-state index contributed by atoms with van der Waals surface area (Å²) in [6.45, 7) is 5.73. The van der Waals surface area contributed by atoms with Crippen molar-refractivity contribution >= 4 is 10.0 Å². The van der Waals surface area contributed by atoms with Gasteiger partial charge in [-0.25, -0.2) is 13.1 Å². The van der Waals surface area contributed by atoms with Crippen LogP contribution in [0.1, 0.15) is 39.2 Å². The summed E-state index contributed by atoms with van der Waals surface area (Å²) in [6, 6.07) is 6.26. The monoisotopic (exact) mass is 271 g/mol. The molecule has 0 spiro atoms. The molecular formula is C13H21NO3S. The standard InChI is InChI=1S/C13H21NO3S/c1-4-13(3,5-2)14-18(16,17)12-8-6-11(10-15)7-9-12/h6-9,14-15H,4-5,10H2,1-3H3. The van der Waals surface area contributed by atoms with Crippen molar-refractivity contribution in [2.45, 2.75) is 50.7 Å². The molecule has 0 radical (unpaired) electrons. The van der Waals surface area contributed by atoms with Crippen LogP contribution in [0.15, 0.2) is 29.2 Å². The van der Waals surface area contributed by atoms with Crippen LogP contribution in [0.3, 0.4) is 0 Å². The molecule has 0 aliphatic heterocycles. The lowest BCUT2D eigenvalue weighted by Gasteiger charge is -2.27. The molecule has 0 saturated carbocycles. The Bertz CT molecular complexity index is 475. The van der Waals surface area contributed by atoms with E-state index in [4.69, 9.17) is 5.11 Å². The molecule has 2 N–H and O–H groups in total. The number of benzene rings is 1. The minimum absolute atomic E-state index is 0.0879. The molecule has 0 aliphatic carbocycles. The van der Waals surface area contributed by atoms with Gasteiger partial charge < -0.3 is 5.11 Å². The minimum Gasteiger partial charge on any atom is -0.392 e. The molecule has 0 saturated heterocycles. The van der Waals surface area contributed by atoms with Gasteiger partial charge in [0.25, 0.3) is 0 Å². The van der Waals surface area contributed by atoms with E-state index in [-0.39, 0.29) is 11.5 Å². The first-order chi connectivity index (χ1) is 8.37. The molecule has 0 fully saturated rings. The maximum Gasteiger partial charge on any atom is 0.241 e. The molecule has 0 unspecified atom stereocenters. The zero-order chi connectivity index (χ0) is 13.8. The Kier molecular flexibility index (Phi) is 4.90. The smallest absolute Gasteiger partial charge is 0.241 e. The molecule has 4 nitrogen and oxygen atoms in total. The van der Waals surface area contributed by atoms with Gasteiger partial charge in [0.1, 0.15) is 0 Å². The van der Waals surface area contributed by atoms with E-state index in [0.717, 1.165) is 12.8 Å². The molecule has 0 aliphatic rings.